The van der Waals surface area contributed by atoms with Crippen LogP contribution in [0.2, 0.25) is 0 Å². The zero-order chi connectivity index (χ0) is 14.9. The Morgan fingerprint density at radius 3 is 3.00 bits per heavy atom. The van der Waals surface area contributed by atoms with E-state index in [1.807, 2.05) is 18.2 Å². The summed E-state index contributed by atoms with van der Waals surface area (Å²) in [6.07, 6.45) is 5.02. The standard InChI is InChI=1S/C15H18N4O2/c1-21-8-7-17-13-4-6-18-14(9-13)15(20)19-11-12-3-2-5-16-10-12/h2-6,9-10H,7-8,11H2,1H3,(H,17,18)(H,19,20). The van der Waals surface area contributed by atoms with Crippen LogP contribution in [-0.4, -0.2) is 36.1 Å². The molecule has 2 rings (SSSR count). The maximum atomic E-state index is 12.1. The van der Waals surface area contributed by atoms with Crippen LogP contribution in [0.15, 0.2) is 42.9 Å². The third kappa shape index (κ3) is 4.85. The summed E-state index contributed by atoms with van der Waals surface area (Å²) in [6, 6.07) is 7.27. The van der Waals surface area contributed by atoms with Gasteiger partial charge < -0.3 is 15.4 Å². The van der Waals surface area contributed by atoms with Crippen molar-refractivity contribution in [3.63, 3.8) is 0 Å². The fourth-order valence-electron chi connectivity index (χ4n) is 1.74. The number of anilines is 1. The van der Waals surface area contributed by atoms with E-state index in [2.05, 4.69) is 20.6 Å². The maximum Gasteiger partial charge on any atom is 0.270 e. The van der Waals surface area contributed by atoms with Crippen molar-refractivity contribution in [3.05, 3.63) is 54.1 Å². The van der Waals surface area contributed by atoms with E-state index in [-0.39, 0.29) is 5.91 Å². The Hall–Kier alpha value is -2.47. The minimum atomic E-state index is -0.214. The van der Waals surface area contributed by atoms with Crippen molar-refractivity contribution >= 4 is 11.6 Å². The molecule has 0 aliphatic heterocycles. The highest BCUT2D eigenvalue weighted by molar-refractivity contribution is 5.93. The van der Waals surface area contributed by atoms with Crippen molar-refractivity contribution < 1.29 is 9.53 Å². The number of hydrogen-bond acceptors (Lipinski definition) is 5. The Morgan fingerprint density at radius 2 is 2.24 bits per heavy atom. The minimum absolute atomic E-state index is 0.214. The first-order valence-corrected chi connectivity index (χ1v) is 6.65. The van der Waals surface area contributed by atoms with Gasteiger partial charge in [0.25, 0.3) is 5.91 Å². The molecule has 0 atom stereocenters. The lowest BCUT2D eigenvalue weighted by atomic mass is 10.2. The third-order valence-corrected chi connectivity index (χ3v) is 2.80. The van der Waals surface area contributed by atoms with E-state index in [1.165, 1.54) is 0 Å². The summed E-state index contributed by atoms with van der Waals surface area (Å²) in [6.45, 7) is 1.71. The van der Waals surface area contributed by atoms with Crippen LogP contribution >= 0.6 is 0 Å². The molecule has 2 heterocycles. The number of aromatic nitrogens is 2. The normalized spacial score (nSPS) is 10.1. The molecule has 0 saturated heterocycles. The van der Waals surface area contributed by atoms with E-state index in [4.69, 9.17) is 4.74 Å². The number of nitrogens with one attached hydrogen (secondary N) is 2. The lowest BCUT2D eigenvalue weighted by Gasteiger charge is -2.08. The first kappa shape index (κ1) is 14.9. The molecule has 21 heavy (non-hydrogen) atoms. The van der Waals surface area contributed by atoms with Gasteiger partial charge in [-0.3, -0.25) is 14.8 Å². The Bertz CT molecular complexity index is 575. The molecule has 0 spiro atoms. The van der Waals surface area contributed by atoms with E-state index < -0.39 is 0 Å². The van der Waals surface area contributed by atoms with Crippen LogP contribution in [0.3, 0.4) is 0 Å². The molecule has 110 valence electrons. The van der Waals surface area contributed by atoms with Crippen LogP contribution < -0.4 is 10.6 Å². The number of amides is 1. The molecule has 0 unspecified atom stereocenters. The molecular weight excluding hydrogens is 268 g/mol. The van der Waals surface area contributed by atoms with Gasteiger partial charge in [-0.15, -0.1) is 0 Å². The molecule has 0 fully saturated rings. The van der Waals surface area contributed by atoms with Crippen LogP contribution in [0.5, 0.6) is 0 Å². The molecule has 2 N–H and O–H groups in total. The van der Waals surface area contributed by atoms with Crippen LogP contribution in [0.25, 0.3) is 0 Å². The number of rotatable bonds is 7. The first-order valence-electron chi connectivity index (χ1n) is 6.65. The van der Waals surface area contributed by atoms with Crippen LogP contribution in [0.4, 0.5) is 5.69 Å². The van der Waals surface area contributed by atoms with Crippen molar-refractivity contribution in [2.24, 2.45) is 0 Å². The van der Waals surface area contributed by atoms with Crippen molar-refractivity contribution in [3.8, 4) is 0 Å². The number of ether oxygens (including phenoxy) is 1. The summed E-state index contributed by atoms with van der Waals surface area (Å²) < 4.78 is 4.97. The largest absolute Gasteiger partial charge is 0.383 e. The van der Waals surface area contributed by atoms with Crippen molar-refractivity contribution in [2.45, 2.75) is 6.54 Å². The predicted octanol–water partition coefficient (Wildman–Crippen LogP) is 1.46. The SMILES string of the molecule is COCCNc1ccnc(C(=O)NCc2cccnc2)c1. The van der Waals surface area contributed by atoms with Gasteiger partial charge in [-0.2, -0.15) is 0 Å². The van der Waals surface area contributed by atoms with E-state index in [0.717, 1.165) is 11.3 Å². The molecule has 0 bridgehead atoms. The van der Waals surface area contributed by atoms with Crippen molar-refractivity contribution in [2.75, 3.05) is 25.6 Å². The fourth-order valence-corrected chi connectivity index (χ4v) is 1.74. The first-order chi connectivity index (χ1) is 10.3. The van der Waals surface area contributed by atoms with E-state index in [0.29, 0.717) is 25.4 Å². The average molecular weight is 286 g/mol. The van der Waals surface area contributed by atoms with Gasteiger partial charge in [0.15, 0.2) is 0 Å². The molecule has 0 saturated carbocycles. The summed E-state index contributed by atoms with van der Waals surface area (Å²) in [7, 11) is 1.64. The molecule has 6 heteroatoms. The number of pyridine rings is 2. The minimum Gasteiger partial charge on any atom is -0.383 e. The van der Waals surface area contributed by atoms with Crippen LogP contribution in [0.1, 0.15) is 16.1 Å². The quantitative estimate of drug-likeness (QED) is 0.754. The highest BCUT2D eigenvalue weighted by atomic mass is 16.5. The Balaban J connectivity index is 1.91. The topological polar surface area (TPSA) is 76.1 Å². The van der Waals surface area contributed by atoms with Crippen LogP contribution in [-0.2, 0) is 11.3 Å². The molecule has 2 aromatic heterocycles. The lowest BCUT2D eigenvalue weighted by Crippen LogP contribution is -2.24. The predicted molar refractivity (Wildman–Crippen MR) is 80.0 cm³/mol. The summed E-state index contributed by atoms with van der Waals surface area (Å²) in [5, 5.41) is 5.98. The molecular formula is C15H18N4O2. The maximum absolute atomic E-state index is 12.1. The van der Waals surface area contributed by atoms with Gasteiger partial charge in [-0.1, -0.05) is 6.07 Å². The Labute approximate surface area is 123 Å². The molecule has 6 nitrogen and oxygen atoms in total. The molecule has 0 aromatic carbocycles. The summed E-state index contributed by atoms with van der Waals surface area (Å²) in [5.74, 6) is -0.214. The second-order valence-corrected chi connectivity index (χ2v) is 4.39. The molecule has 0 aliphatic rings. The van der Waals surface area contributed by atoms with Gasteiger partial charge in [-0.25, -0.2) is 0 Å². The highest BCUT2D eigenvalue weighted by Gasteiger charge is 2.07. The fraction of sp³-hybridized carbons (Fsp3) is 0.267. The zero-order valence-corrected chi connectivity index (χ0v) is 11.9. The summed E-state index contributed by atoms with van der Waals surface area (Å²) in [4.78, 5) is 20.1. The highest BCUT2D eigenvalue weighted by Crippen LogP contribution is 2.07. The monoisotopic (exact) mass is 286 g/mol. The van der Waals surface area contributed by atoms with Gasteiger partial charge in [-0.05, 0) is 23.8 Å². The Kier molecular flexibility index (Phi) is 5.66. The molecule has 0 radical (unpaired) electrons. The lowest BCUT2D eigenvalue weighted by molar-refractivity contribution is 0.0946. The zero-order valence-electron chi connectivity index (χ0n) is 11.9. The summed E-state index contributed by atoms with van der Waals surface area (Å²) >= 11 is 0. The number of nitrogens with zero attached hydrogens (tertiary/aromatic N) is 2. The van der Waals surface area contributed by atoms with Gasteiger partial charge in [0.2, 0.25) is 0 Å². The second-order valence-electron chi connectivity index (χ2n) is 4.39. The van der Waals surface area contributed by atoms with Crippen molar-refractivity contribution in [1.82, 2.24) is 15.3 Å². The Morgan fingerprint density at radius 1 is 1.33 bits per heavy atom. The number of methoxy groups -OCH3 is 1. The van der Waals surface area contributed by atoms with Crippen LogP contribution in [0, 0.1) is 0 Å². The van der Waals surface area contributed by atoms with Gasteiger partial charge in [0, 0.05) is 44.5 Å². The van der Waals surface area contributed by atoms with Gasteiger partial charge >= 0.3 is 0 Å². The van der Waals surface area contributed by atoms with Gasteiger partial charge in [0.1, 0.15) is 5.69 Å². The number of carbonyl (C=O) groups excluding carboxylic acids is 1. The van der Waals surface area contributed by atoms with E-state index >= 15 is 0 Å². The average Bonchev–Trinajstić information content (AvgIpc) is 2.54. The molecule has 1 amide bonds. The molecule has 2 aromatic rings. The third-order valence-electron chi connectivity index (χ3n) is 2.80. The van der Waals surface area contributed by atoms with E-state index in [9.17, 15) is 4.79 Å². The smallest absolute Gasteiger partial charge is 0.270 e. The van der Waals surface area contributed by atoms with Crippen molar-refractivity contribution in [1.29, 1.82) is 0 Å². The number of hydrogen-bond donors (Lipinski definition) is 2. The summed E-state index contributed by atoms with van der Waals surface area (Å²) in [5.41, 5.74) is 2.16. The van der Waals surface area contributed by atoms with Gasteiger partial charge in [0.05, 0.1) is 6.61 Å². The number of carbonyl (C=O) groups is 1. The second kappa shape index (κ2) is 7.96. The molecule has 0 aliphatic carbocycles. The van der Waals surface area contributed by atoms with E-state index in [1.54, 1.807) is 31.8 Å².